The lowest BCUT2D eigenvalue weighted by molar-refractivity contribution is -0.144. The van der Waals surface area contributed by atoms with Gasteiger partial charge in [0.25, 0.3) is 0 Å². The molecule has 0 fully saturated rings. The van der Waals surface area contributed by atoms with Gasteiger partial charge in [0, 0.05) is 23.7 Å². The van der Waals surface area contributed by atoms with Gasteiger partial charge < -0.3 is 9.47 Å². The van der Waals surface area contributed by atoms with Crippen molar-refractivity contribution >= 4 is 11.9 Å². The number of carbonyl (C=O) groups is 2. The molecular weight excluding hydrogens is 677 g/mol. The smallest absolute Gasteiger partial charge is 0.305 e. The first-order chi connectivity index (χ1) is 27.0. The van der Waals surface area contributed by atoms with Crippen molar-refractivity contribution in [3.05, 3.63) is 178 Å². The van der Waals surface area contributed by atoms with Gasteiger partial charge in [-0.2, -0.15) is 0 Å². The maximum Gasteiger partial charge on any atom is 0.305 e. The van der Waals surface area contributed by atoms with Crippen LogP contribution in [-0.2, 0) is 49.2 Å². The number of benzene rings is 6. The van der Waals surface area contributed by atoms with Crippen LogP contribution in [0.3, 0.4) is 0 Å². The molecule has 4 heteroatoms. The molecule has 3 aliphatic carbocycles. The minimum atomic E-state index is -0.456. The third-order valence-corrected chi connectivity index (χ3v) is 12.6. The predicted octanol–water partition coefficient (Wildman–Crippen LogP) is 11.0. The first-order valence-electron chi connectivity index (χ1n) is 19.9. The van der Waals surface area contributed by atoms with E-state index >= 15 is 0 Å². The molecule has 6 aromatic carbocycles. The highest BCUT2D eigenvalue weighted by Crippen LogP contribution is 2.57. The number of hydrogen-bond acceptors (Lipinski definition) is 4. The number of rotatable bonds is 12. The molecule has 6 aromatic rings. The molecule has 0 atom stereocenters. The molecule has 0 N–H and O–H groups in total. The molecule has 0 bridgehead atoms. The molecule has 0 spiro atoms. The fraction of sp³-hybridized carbons (Fsp3) is 0.255. The number of carbonyl (C=O) groups excluding carboxylic acids is 2. The average Bonchev–Trinajstić information content (AvgIpc) is 3.83. The molecule has 0 saturated carbocycles. The van der Waals surface area contributed by atoms with Gasteiger partial charge in [-0.1, -0.05) is 133 Å². The topological polar surface area (TPSA) is 52.6 Å². The van der Waals surface area contributed by atoms with Crippen LogP contribution >= 0.6 is 0 Å². The molecule has 0 aromatic heterocycles. The van der Waals surface area contributed by atoms with Crippen molar-refractivity contribution in [1.82, 2.24) is 0 Å². The van der Waals surface area contributed by atoms with Gasteiger partial charge in [-0.25, -0.2) is 0 Å². The zero-order chi connectivity index (χ0) is 37.6. The lowest BCUT2D eigenvalue weighted by Crippen LogP contribution is -2.33. The summed E-state index contributed by atoms with van der Waals surface area (Å²) in [6.45, 7) is 4.48. The largest absolute Gasteiger partial charge is 0.466 e. The Morgan fingerprint density at radius 2 is 0.909 bits per heavy atom. The fourth-order valence-corrected chi connectivity index (χ4v) is 10.4. The van der Waals surface area contributed by atoms with Crippen LogP contribution in [0.15, 0.2) is 133 Å². The number of esters is 2. The third-order valence-electron chi connectivity index (χ3n) is 12.6. The van der Waals surface area contributed by atoms with Crippen molar-refractivity contribution in [2.75, 3.05) is 13.2 Å². The van der Waals surface area contributed by atoms with Crippen molar-refractivity contribution in [1.29, 1.82) is 0 Å². The third kappa shape index (κ3) is 5.73. The molecule has 0 amide bonds. The van der Waals surface area contributed by atoms with E-state index in [0.29, 0.717) is 38.9 Å². The molecule has 4 nitrogen and oxygen atoms in total. The molecule has 55 heavy (non-hydrogen) atoms. The van der Waals surface area contributed by atoms with Crippen molar-refractivity contribution in [3.8, 4) is 33.4 Å². The van der Waals surface area contributed by atoms with E-state index in [1.54, 1.807) is 0 Å². The van der Waals surface area contributed by atoms with E-state index < -0.39 is 10.8 Å². The second kappa shape index (κ2) is 14.2. The normalized spacial score (nSPS) is 14.6. The van der Waals surface area contributed by atoms with Crippen LogP contribution in [0.2, 0.25) is 0 Å². The van der Waals surface area contributed by atoms with Gasteiger partial charge in [0.2, 0.25) is 0 Å². The summed E-state index contributed by atoms with van der Waals surface area (Å²) >= 11 is 0. The highest BCUT2D eigenvalue weighted by molar-refractivity contribution is 5.85. The summed E-state index contributed by atoms with van der Waals surface area (Å²) in [5, 5.41) is 0. The zero-order valence-electron chi connectivity index (χ0n) is 31.7. The molecule has 0 heterocycles. The van der Waals surface area contributed by atoms with Crippen LogP contribution in [0, 0.1) is 0 Å². The number of hydrogen-bond donors (Lipinski definition) is 0. The first-order valence-corrected chi connectivity index (χ1v) is 19.9. The van der Waals surface area contributed by atoms with E-state index in [4.69, 9.17) is 9.47 Å². The fourth-order valence-electron chi connectivity index (χ4n) is 10.4. The average molecular weight is 723 g/mol. The van der Waals surface area contributed by atoms with Crippen LogP contribution in [0.4, 0.5) is 0 Å². The Kier molecular flexibility index (Phi) is 9.01. The summed E-state index contributed by atoms with van der Waals surface area (Å²) in [6.07, 6.45) is 4.25. The van der Waals surface area contributed by atoms with Gasteiger partial charge in [0.1, 0.15) is 0 Å². The van der Waals surface area contributed by atoms with Crippen molar-refractivity contribution in [2.24, 2.45) is 0 Å². The quantitative estimate of drug-likeness (QED) is 0.118. The Morgan fingerprint density at radius 1 is 0.491 bits per heavy atom. The second-order valence-corrected chi connectivity index (χ2v) is 15.4. The second-order valence-electron chi connectivity index (χ2n) is 15.4. The van der Waals surface area contributed by atoms with Crippen LogP contribution in [0.1, 0.15) is 84.0 Å². The standard InChI is InChI=1S/C51H46O4/c1-3-54-48(52)27-29-50(44-21-11-7-17-38(44)39-18-8-12-22-45(39)50)32-35-25-26-37-36-16-6-5-15-34(36)31-42(37)43(35)33-51(30-28-49(53)55-4-2)46-23-13-9-19-40(46)41-20-10-14-24-47(41)51/h5-26H,3-4,27-33H2,1-2H3. The Balaban J connectivity index is 1.26. The highest BCUT2D eigenvalue weighted by atomic mass is 16.5. The predicted molar refractivity (Wildman–Crippen MR) is 219 cm³/mol. The van der Waals surface area contributed by atoms with E-state index in [1.165, 1.54) is 77.9 Å². The lowest BCUT2D eigenvalue weighted by atomic mass is 9.66. The van der Waals surface area contributed by atoms with Gasteiger partial charge in [0.15, 0.2) is 0 Å². The van der Waals surface area contributed by atoms with E-state index in [2.05, 4.69) is 133 Å². The van der Waals surface area contributed by atoms with Gasteiger partial charge in [-0.15, -0.1) is 0 Å². The van der Waals surface area contributed by atoms with Gasteiger partial charge in [-0.3, -0.25) is 9.59 Å². The summed E-state index contributed by atoms with van der Waals surface area (Å²) in [4.78, 5) is 26.4. The van der Waals surface area contributed by atoms with E-state index in [0.717, 1.165) is 19.3 Å². The first kappa shape index (κ1) is 35.0. The SMILES string of the molecule is CCOC(=O)CCC1(Cc2ccc3c(c2CC2(CCC(=O)OCC)c4ccccc4-c4ccccc42)Cc2ccccc2-3)c2ccccc2-c2ccccc21. The van der Waals surface area contributed by atoms with E-state index in [1.807, 2.05) is 13.8 Å². The molecule has 0 aliphatic heterocycles. The zero-order valence-corrected chi connectivity index (χ0v) is 31.7. The molecule has 0 unspecified atom stereocenters. The van der Waals surface area contributed by atoms with Crippen LogP contribution in [0.25, 0.3) is 33.4 Å². The summed E-state index contributed by atoms with van der Waals surface area (Å²) in [6, 6.07) is 48.6. The maximum absolute atomic E-state index is 13.2. The number of fused-ring (bicyclic) bond motifs is 9. The minimum Gasteiger partial charge on any atom is -0.466 e. The Morgan fingerprint density at radius 3 is 1.38 bits per heavy atom. The Labute approximate surface area is 324 Å². The molecule has 0 saturated heterocycles. The van der Waals surface area contributed by atoms with Crippen LogP contribution in [-0.4, -0.2) is 25.2 Å². The molecule has 0 radical (unpaired) electrons. The van der Waals surface area contributed by atoms with Crippen molar-refractivity contribution in [3.63, 3.8) is 0 Å². The molecular formula is C51H46O4. The summed E-state index contributed by atoms with van der Waals surface area (Å²) in [5.74, 6) is -0.322. The molecule has 9 rings (SSSR count). The van der Waals surface area contributed by atoms with Crippen molar-refractivity contribution < 1.29 is 19.1 Å². The van der Waals surface area contributed by atoms with Crippen LogP contribution in [0.5, 0.6) is 0 Å². The van der Waals surface area contributed by atoms with Gasteiger partial charge in [0.05, 0.1) is 13.2 Å². The maximum atomic E-state index is 13.2. The summed E-state index contributed by atoms with van der Waals surface area (Å²) in [7, 11) is 0. The monoisotopic (exact) mass is 722 g/mol. The molecule has 3 aliphatic rings. The Hall–Kier alpha value is -5.74. The van der Waals surface area contributed by atoms with E-state index in [-0.39, 0.29) is 11.9 Å². The highest BCUT2D eigenvalue weighted by Gasteiger charge is 2.47. The lowest BCUT2D eigenvalue weighted by Gasteiger charge is -2.37. The Bertz CT molecular complexity index is 2360. The van der Waals surface area contributed by atoms with Gasteiger partial charge >= 0.3 is 11.9 Å². The summed E-state index contributed by atoms with van der Waals surface area (Å²) in [5.41, 5.74) is 17.1. The molecule has 274 valence electrons. The van der Waals surface area contributed by atoms with E-state index in [9.17, 15) is 9.59 Å². The minimum absolute atomic E-state index is 0.160. The van der Waals surface area contributed by atoms with Crippen LogP contribution < -0.4 is 0 Å². The van der Waals surface area contributed by atoms with Gasteiger partial charge in [-0.05, 0) is 124 Å². The number of ether oxygens (including phenoxy) is 2. The summed E-state index contributed by atoms with van der Waals surface area (Å²) < 4.78 is 11.1. The van der Waals surface area contributed by atoms with Crippen molar-refractivity contribution in [2.45, 2.75) is 69.6 Å².